The molecule has 1 aromatic carbocycles. The molecule has 1 N–H and O–H groups in total. The molecular formula is C14H18N2O3S. The fourth-order valence-electron chi connectivity index (χ4n) is 2.06. The van der Waals surface area contributed by atoms with Gasteiger partial charge in [-0.05, 0) is 19.1 Å². The van der Waals surface area contributed by atoms with E-state index in [1.54, 1.807) is 36.1 Å². The Hall–Kier alpha value is -1.53. The summed E-state index contributed by atoms with van der Waals surface area (Å²) in [5.74, 6) is -0.372. The molecule has 1 heterocycles. The van der Waals surface area contributed by atoms with Crippen LogP contribution in [0.1, 0.15) is 17.3 Å². The number of nitrogens with zero attached hydrogens (tertiary/aromatic N) is 1. The quantitative estimate of drug-likeness (QED) is 0.816. The lowest BCUT2D eigenvalue weighted by molar-refractivity contribution is -0.136. The van der Waals surface area contributed by atoms with Crippen LogP contribution in [0.3, 0.4) is 0 Å². The first-order valence-corrected chi connectivity index (χ1v) is 6.99. The molecule has 6 heteroatoms. The molecule has 1 aliphatic heterocycles. The van der Waals surface area contributed by atoms with Crippen LogP contribution in [-0.4, -0.2) is 49.1 Å². The van der Waals surface area contributed by atoms with Gasteiger partial charge in [-0.2, -0.15) is 0 Å². The van der Waals surface area contributed by atoms with E-state index in [1.807, 2.05) is 0 Å². The highest BCUT2D eigenvalue weighted by Gasteiger charge is 2.24. The molecule has 0 spiro atoms. The standard InChI is InChI=1S/C14H18N2O3S/c1-10(14(18)16-6-8-19-9-7-16)15-13(17)11-4-2-3-5-12(11)20/h2-5,10,20H,6-9H2,1H3,(H,15,17). The van der Waals surface area contributed by atoms with Crippen LogP contribution in [0.4, 0.5) is 0 Å². The highest BCUT2D eigenvalue weighted by Crippen LogP contribution is 2.13. The first kappa shape index (κ1) is 14.9. The van der Waals surface area contributed by atoms with Crippen molar-refractivity contribution in [3.05, 3.63) is 29.8 Å². The van der Waals surface area contributed by atoms with Gasteiger partial charge in [-0.3, -0.25) is 9.59 Å². The van der Waals surface area contributed by atoms with Crippen LogP contribution < -0.4 is 5.32 Å². The summed E-state index contributed by atoms with van der Waals surface area (Å²) in [6, 6.07) is 6.44. The van der Waals surface area contributed by atoms with Crippen molar-refractivity contribution in [3.63, 3.8) is 0 Å². The number of thiol groups is 1. The third-order valence-corrected chi connectivity index (χ3v) is 3.58. The summed E-state index contributed by atoms with van der Waals surface area (Å²) in [4.78, 5) is 26.6. The lowest BCUT2D eigenvalue weighted by Crippen LogP contribution is -2.50. The molecule has 0 aromatic heterocycles. The Labute approximate surface area is 123 Å². The van der Waals surface area contributed by atoms with E-state index in [-0.39, 0.29) is 11.8 Å². The molecule has 2 rings (SSSR count). The fraction of sp³-hybridized carbons (Fsp3) is 0.429. The Morgan fingerprint density at radius 2 is 1.95 bits per heavy atom. The van der Waals surface area contributed by atoms with Gasteiger partial charge < -0.3 is 15.0 Å². The largest absolute Gasteiger partial charge is 0.378 e. The molecular weight excluding hydrogens is 276 g/mol. The number of hydrogen-bond donors (Lipinski definition) is 2. The lowest BCUT2D eigenvalue weighted by atomic mass is 10.2. The van der Waals surface area contributed by atoms with Gasteiger partial charge in [0.15, 0.2) is 0 Å². The second-order valence-electron chi connectivity index (χ2n) is 4.65. The summed E-state index contributed by atoms with van der Waals surface area (Å²) in [5, 5.41) is 2.71. The molecule has 0 radical (unpaired) electrons. The average molecular weight is 294 g/mol. The maximum atomic E-state index is 12.2. The van der Waals surface area contributed by atoms with Crippen LogP contribution in [0.15, 0.2) is 29.2 Å². The Bertz CT molecular complexity index is 501. The molecule has 0 aliphatic carbocycles. The molecule has 1 saturated heterocycles. The van der Waals surface area contributed by atoms with Crippen LogP contribution in [0, 0.1) is 0 Å². The number of amides is 2. The first-order chi connectivity index (χ1) is 9.59. The first-order valence-electron chi connectivity index (χ1n) is 6.55. The van der Waals surface area contributed by atoms with E-state index in [9.17, 15) is 9.59 Å². The number of morpholine rings is 1. The van der Waals surface area contributed by atoms with Crippen molar-refractivity contribution in [2.75, 3.05) is 26.3 Å². The van der Waals surface area contributed by atoms with Crippen molar-refractivity contribution >= 4 is 24.4 Å². The normalized spacial score (nSPS) is 16.6. The molecule has 108 valence electrons. The van der Waals surface area contributed by atoms with E-state index in [4.69, 9.17) is 4.74 Å². The van der Waals surface area contributed by atoms with Crippen molar-refractivity contribution < 1.29 is 14.3 Å². The van der Waals surface area contributed by atoms with Gasteiger partial charge in [0, 0.05) is 18.0 Å². The third kappa shape index (κ3) is 3.52. The van der Waals surface area contributed by atoms with E-state index in [0.717, 1.165) is 0 Å². The van der Waals surface area contributed by atoms with Gasteiger partial charge in [0.05, 0.1) is 18.8 Å². The minimum absolute atomic E-state index is 0.0849. The molecule has 1 fully saturated rings. The number of ether oxygens (including phenoxy) is 1. The lowest BCUT2D eigenvalue weighted by Gasteiger charge is -2.29. The number of carbonyl (C=O) groups excluding carboxylic acids is 2. The molecule has 1 aromatic rings. The molecule has 0 saturated carbocycles. The smallest absolute Gasteiger partial charge is 0.253 e. The van der Waals surface area contributed by atoms with Crippen LogP contribution in [0.5, 0.6) is 0 Å². The van der Waals surface area contributed by atoms with E-state index < -0.39 is 6.04 Å². The van der Waals surface area contributed by atoms with Gasteiger partial charge in [0.2, 0.25) is 5.91 Å². The topological polar surface area (TPSA) is 58.6 Å². The summed E-state index contributed by atoms with van der Waals surface area (Å²) in [7, 11) is 0. The SMILES string of the molecule is CC(NC(=O)c1ccccc1S)C(=O)N1CCOCC1. The van der Waals surface area contributed by atoms with Gasteiger partial charge in [-0.15, -0.1) is 12.6 Å². The van der Waals surface area contributed by atoms with Crippen molar-refractivity contribution in [3.8, 4) is 0 Å². The Morgan fingerprint density at radius 1 is 1.30 bits per heavy atom. The molecule has 0 bridgehead atoms. The molecule has 5 nitrogen and oxygen atoms in total. The molecule has 1 unspecified atom stereocenters. The van der Waals surface area contributed by atoms with Crippen molar-refractivity contribution in [1.29, 1.82) is 0 Å². The maximum absolute atomic E-state index is 12.2. The second-order valence-corrected chi connectivity index (χ2v) is 5.13. The number of rotatable bonds is 3. The second kappa shape index (κ2) is 6.76. The van der Waals surface area contributed by atoms with Crippen molar-refractivity contribution in [2.45, 2.75) is 17.9 Å². The summed E-state index contributed by atoms with van der Waals surface area (Å²) in [6.45, 7) is 3.93. The van der Waals surface area contributed by atoms with Crippen LogP contribution in [0.25, 0.3) is 0 Å². The Balaban J connectivity index is 1.97. The average Bonchev–Trinajstić information content (AvgIpc) is 2.47. The predicted octanol–water partition coefficient (Wildman–Crippen LogP) is 0.952. The van der Waals surface area contributed by atoms with Crippen LogP contribution in [-0.2, 0) is 9.53 Å². The zero-order valence-corrected chi connectivity index (χ0v) is 12.2. The molecule has 20 heavy (non-hydrogen) atoms. The van der Waals surface area contributed by atoms with Gasteiger partial charge in [0.1, 0.15) is 6.04 Å². The summed E-state index contributed by atoms with van der Waals surface area (Å²) in [6.07, 6.45) is 0. The monoisotopic (exact) mass is 294 g/mol. The van der Waals surface area contributed by atoms with Crippen LogP contribution in [0.2, 0.25) is 0 Å². The zero-order chi connectivity index (χ0) is 14.5. The van der Waals surface area contributed by atoms with Gasteiger partial charge >= 0.3 is 0 Å². The van der Waals surface area contributed by atoms with Crippen molar-refractivity contribution in [2.24, 2.45) is 0 Å². The van der Waals surface area contributed by atoms with Gasteiger partial charge in [-0.25, -0.2) is 0 Å². The molecule has 2 amide bonds. The predicted molar refractivity (Wildman–Crippen MR) is 78.0 cm³/mol. The minimum atomic E-state index is -0.562. The highest BCUT2D eigenvalue weighted by molar-refractivity contribution is 7.80. The fourth-order valence-corrected chi connectivity index (χ4v) is 2.32. The van der Waals surface area contributed by atoms with E-state index in [2.05, 4.69) is 17.9 Å². The number of nitrogens with one attached hydrogen (secondary N) is 1. The highest BCUT2D eigenvalue weighted by atomic mass is 32.1. The van der Waals surface area contributed by atoms with E-state index in [0.29, 0.717) is 36.8 Å². The maximum Gasteiger partial charge on any atom is 0.253 e. The van der Waals surface area contributed by atoms with Gasteiger partial charge in [-0.1, -0.05) is 12.1 Å². The summed E-state index contributed by atoms with van der Waals surface area (Å²) >= 11 is 4.24. The Kier molecular flexibility index (Phi) is 5.03. The van der Waals surface area contributed by atoms with E-state index in [1.165, 1.54) is 0 Å². The number of carbonyl (C=O) groups is 2. The van der Waals surface area contributed by atoms with Crippen molar-refractivity contribution in [1.82, 2.24) is 10.2 Å². The van der Waals surface area contributed by atoms with Gasteiger partial charge in [0.25, 0.3) is 5.91 Å². The molecule has 1 atom stereocenters. The van der Waals surface area contributed by atoms with Crippen LogP contribution >= 0.6 is 12.6 Å². The number of benzene rings is 1. The Morgan fingerprint density at radius 3 is 2.60 bits per heavy atom. The number of hydrogen-bond acceptors (Lipinski definition) is 4. The summed E-state index contributed by atoms with van der Waals surface area (Å²) in [5.41, 5.74) is 0.470. The minimum Gasteiger partial charge on any atom is -0.378 e. The molecule has 1 aliphatic rings. The van der Waals surface area contributed by atoms with E-state index >= 15 is 0 Å². The third-order valence-electron chi connectivity index (χ3n) is 3.19. The summed E-state index contributed by atoms with van der Waals surface area (Å²) < 4.78 is 5.20. The zero-order valence-electron chi connectivity index (χ0n) is 11.3.